The van der Waals surface area contributed by atoms with Crippen LogP contribution >= 0.6 is 0 Å². The monoisotopic (exact) mass is 380 g/mol. The van der Waals surface area contributed by atoms with E-state index in [0.717, 1.165) is 42.2 Å². The highest BCUT2D eigenvalue weighted by molar-refractivity contribution is 5.88. The van der Waals surface area contributed by atoms with Crippen molar-refractivity contribution < 1.29 is 14.2 Å². The third-order valence-electron chi connectivity index (χ3n) is 4.40. The number of benzene rings is 2. The van der Waals surface area contributed by atoms with Gasteiger partial charge in [-0.2, -0.15) is 0 Å². The Morgan fingerprint density at radius 3 is 2.32 bits per heavy atom. The zero-order valence-corrected chi connectivity index (χ0v) is 16.7. The molecule has 3 rings (SSSR count). The second-order valence-corrected chi connectivity index (χ2v) is 6.68. The van der Waals surface area contributed by atoms with Gasteiger partial charge in [-0.3, -0.25) is 0 Å². The first kappa shape index (κ1) is 19.9. The molecule has 148 valence electrons. The Hall–Kier alpha value is -2.82. The van der Waals surface area contributed by atoms with Crippen LogP contribution in [0.25, 0.3) is 10.8 Å². The van der Waals surface area contributed by atoms with Crippen LogP contribution in [0.2, 0.25) is 0 Å². The van der Waals surface area contributed by atoms with Crippen molar-refractivity contribution in [2.45, 2.75) is 46.1 Å². The molecule has 0 radical (unpaired) electrons. The van der Waals surface area contributed by atoms with Crippen molar-refractivity contribution in [2.24, 2.45) is 0 Å². The predicted octanol–water partition coefficient (Wildman–Crippen LogP) is 5.57. The van der Waals surface area contributed by atoms with E-state index in [-0.39, 0.29) is 0 Å². The SMILES string of the molecule is CCCCOc1cc(COc2cccc3ccccc23)nnc1OCCCC. The summed E-state index contributed by atoms with van der Waals surface area (Å²) in [6.07, 6.45) is 4.10. The molecule has 0 bridgehead atoms. The van der Waals surface area contributed by atoms with E-state index in [1.807, 2.05) is 30.3 Å². The average molecular weight is 380 g/mol. The molecule has 1 aromatic heterocycles. The van der Waals surface area contributed by atoms with E-state index in [4.69, 9.17) is 14.2 Å². The van der Waals surface area contributed by atoms with Crippen LogP contribution in [0.3, 0.4) is 0 Å². The number of rotatable bonds is 11. The van der Waals surface area contributed by atoms with Crippen LogP contribution in [0.15, 0.2) is 48.5 Å². The molecule has 28 heavy (non-hydrogen) atoms. The summed E-state index contributed by atoms with van der Waals surface area (Å²) in [6, 6.07) is 16.1. The molecule has 0 N–H and O–H groups in total. The van der Waals surface area contributed by atoms with Crippen LogP contribution in [0.5, 0.6) is 17.4 Å². The Labute approximate surface area is 166 Å². The molecule has 1 heterocycles. The number of aromatic nitrogens is 2. The van der Waals surface area contributed by atoms with Gasteiger partial charge < -0.3 is 14.2 Å². The topological polar surface area (TPSA) is 53.5 Å². The van der Waals surface area contributed by atoms with Crippen molar-refractivity contribution in [3.05, 3.63) is 54.2 Å². The average Bonchev–Trinajstić information content (AvgIpc) is 2.73. The van der Waals surface area contributed by atoms with Gasteiger partial charge in [0.15, 0.2) is 5.75 Å². The maximum absolute atomic E-state index is 6.03. The fourth-order valence-electron chi connectivity index (χ4n) is 2.79. The zero-order chi connectivity index (χ0) is 19.6. The van der Waals surface area contributed by atoms with Gasteiger partial charge in [0.25, 0.3) is 5.88 Å². The summed E-state index contributed by atoms with van der Waals surface area (Å²) in [6.45, 7) is 5.83. The Morgan fingerprint density at radius 2 is 1.50 bits per heavy atom. The molecular weight excluding hydrogens is 352 g/mol. The molecule has 0 aliphatic rings. The van der Waals surface area contributed by atoms with Gasteiger partial charge in [-0.1, -0.05) is 63.1 Å². The lowest BCUT2D eigenvalue weighted by Crippen LogP contribution is -2.07. The molecule has 0 spiro atoms. The minimum atomic E-state index is 0.320. The second kappa shape index (κ2) is 10.5. The van der Waals surface area contributed by atoms with Crippen molar-refractivity contribution in [3.8, 4) is 17.4 Å². The molecule has 5 heteroatoms. The van der Waals surface area contributed by atoms with Crippen molar-refractivity contribution in [2.75, 3.05) is 13.2 Å². The molecule has 5 nitrogen and oxygen atoms in total. The third kappa shape index (κ3) is 5.35. The highest BCUT2D eigenvalue weighted by Crippen LogP contribution is 2.28. The zero-order valence-electron chi connectivity index (χ0n) is 16.7. The van der Waals surface area contributed by atoms with Crippen molar-refractivity contribution in [1.82, 2.24) is 10.2 Å². The van der Waals surface area contributed by atoms with Gasteiger partial charge in [-0.25, -0.2) is 0 Å². The molecular formula is C23H28N2O3. The summed E-state index contributed by atoms with van der Waals surface area (Å²) < 4.78 is 17.7. The van der Waals surface area contributed by atoms with E-state index in [1.54, 1.807) is 0 Å². The fraction of sp³-hybridized carbons (Fsp3) is 0.391. The molecule has 0 saturated heterocycles. The number of unbranched alkanes of at least 4 members (excludes halogenated alkanes) is 2. The van der Waals surface area contributed by atoms with E-state index in [0.29, 0.717) is 37.1 Å². The summed E-state index contributed by atoms with van der Waals surface area (Å²) in [5.41, 5.74) is 0.710. The first-order chi connectivity index (χ1) is 13.8. The van der Waals surface area contributed by atoms with Crippen LogP contribution in [0, 0.1) is 0 Å². The van der Waals surface area contributed by atoms with E-state index in [2.05, 4.69) is 42.2 Å². The molecule has 0 amide bonds. The quantitative estimate of drug-likeness (QED) is 0.407. The highest BCUT2D eigenvalue weighted by Gasteiger charge is 2.11. The highest BCUT2D eigenvalue weighted by atomic mass is 16.5. The van der Waals surface area contributed by atoms with Crippen molar-refractivity contribution in [3.63, 3.8) is 0 Å². The minimum absolute atomic E-state index is 0.320. The maximum Gasteiger partial charge on any atom is 0.276 e. The number of hydrogen-bond donors (Lipinski definition) is 0. The summed E-state index contributed by atoms with van der Waals surface area (Å²) >= 11 is 0. The Bertz CT molecular complexity index is 877. The van der Waals surface area contributed by atoms with Gasteiger partial charge in [0.05, 0.1) is 13.2 Å². The largest absolute Gasteiger partial charge is 0.488 e. The Kier molecular flexibility index (Phi) is 7.47. The number of fused-ring (bicyclic) bond motifs is 1. The smallest absolute Gasteiger partial charge is 0.276 e. The molecule has 0 fully saturated rings. The fourth-order valence-corrected chi connectivity index (χ4v) is 2.79. The summed E-state index contributed by atoms with van der Waals surface area (Å²) in [5, 5.41) is 10.7. The lowest BCUT2D eigenvalue weighted by Gasteiger charge is -2.13. The molecule has 2 aromatic carbocycles. The molecule has 0 aliphatic heterocycles. The number of ether oxygens (including phenoxy) is 3. The summed E-state index contributed by atoms with van der Waals surface area (Å²) in [7, 11) is 0. The van der Waals surface area contributed by atoms with E-state index in [9.17, 15) is 0 Å². The molecule has 0 atom stereocenters. The lowest BCUT2D eigenvalue weighted by molar-refractivity contribution is 0.246. The first-order valence-corrected chi connectivity index (χ1v) is 10.0. The van der Waals surface area contributed by atoms with Gasteiger partial charge in [0.2, 0.25) is 0 Å². The minimum Gasteiger partial charge on any atom is -0.488 e. The van der Waals surface area contributed by atoms with Gasteiger partial charge in [-0.05, 0) is 24.3 Å². The maximum atomic E-state index is 6.03. The Balaban J connectivity index is 1.72. The summed E-state index contributed by atoms with van der Waals surface area (Å²) in [5.74, 6) is 1.92. The lowest BCUT2D eigenvalue weighted by atomic mass is 10.1. The first-order valence-electron chi connectivity index (χ1n) is 10.0. The predicted molar refractivity (Wildman–Crippen MR) is 111 cm³/mol. The van der Waals surface area contributed by atoms with Crippen LogP contribution in [0.1, 0.15) is 45.2 Å². The van der Waals surface area contributed by atoms with E-state index in [1.165, 1.54) is 0 Å². The van der Waals surface area contributed by atoms with Gasteiger partial charge in [-0.15, -0.1) is 10.2 Å². The second-order valence-electron chi connectivity index (χ2n) is 6.68. The third-order valence-corrected chi connectivity index (χ3v) is 4.40. The normalized spacial score (nSPS) is 10.8. The van der Waals surface area contributed by atoms with Crippen LogP contribution in [0.4, 0.5) is 0 Å². The molecule has 0 saturated carbocycles. The van der Waals surface area contributed by atoms with Crippen molar-refractivity contribution >= 4 is 10.8 Å². The van der Waals surface area contributed by atoms with Crippen LogP contribution in [-0.2, 0) is 6.61 Å². The van der Waals surface area contributed by atoms with E-state index < -0.39 is 0 Å². The number of nitrogens with zero attached hydrogens (tertiary/aromatic N) is 2. The van der Waals surface area contributed by atoms with Gasteiger partial charge in [0.1, 0.15) is 18.1 Å². The summed E-state index contributed by atoms with van der Waals surface area (Å²) in [4.78, 5) is 0. The number of hydrogen-bond acceptors (Lipinski definition) is 5. The molecule has 3 aromatic rings. The molecule has 0 unspecified atom stereocenters. The van der Waals surface area contributed by atoms with E-state index >= 15 is 0 Å². The standard InChI is InChI=1S/C23H28N2O3/c1-3-5-14-26-22-16-19(24-25-23(22)27-15-6-4-2)17-28-21-13-9-11-18-10-7-8-12-20(18)21/h7-13,16H,3-6,14-15,17H2,1-2H3. The van der Waals surface area contributed by atoms with Crippen LogP contribution < -0.4 is 14.2 Å². The molecule has 0 aliphatic carbocycles. The van der Waals surface area contributed by atoms with Gasteiger partial charge in [0, 0.05) is 11.5 Å². The Morgan fingerprint density at radius 1 is 0.750 bits per heavy atom. The van der Waals surface area contributed by atoms with Crippen LogP contribution in [-0.4, -0.2) is 23.4 Å². The van der Waals surface area contributed by atoms with Crippen molar-refractivity contribution in [1.29, 1.82) is 0 Å². The van der Waals surface area contributed by atoms with Gasteiger partial charge >= 0.3 is 0 Å².